The summed E-state index contributed by atoms with van der Waals surface area (Å²) in [5.41, 5.74) is 0. The first-order valence-electron chi connectivity index (χ1n) is 14.2. The fourth-order valence-corrected chi connectivity index (χ4v) is 4.39. The maximum atomic E-state index is 14.4. The van der Waals surface area contributed by atoms with Crippen molar-refractivity contribution in [1.82, 2.24) is 5.32 Å². The first-order valence-corrected chi connectivity index (χ1v) is 14.2. The number of unbranched alkanes of at least 4 members (excludes halogenated alkanes) is 2. The van der Waals surface area contributed by atoms with Crippen LogP contribution in [0.5, 0.6) is 5.75 Å². The van der Waals surface area contributed by atoms with Crippen molar-refractivity contribution in [2.45, 2.75) is 63.1 Å². The normalized spacial score (nSPS) is 20.3. The summed E-state index contributed by atoms with van der Waals surface area (Å²) in [7, 11) is 0. The Morgan fingerprint density at radius 1 is 1.05 bits per heavy atom. The number of alkyl carbamates (subject to hydrolysis) is 1. The van der Waals surface area contributed by atoms with E-state index in [1.807, 2.05) is 6.08 Å². The van der Waals surface area contributed by atoms with Crippen molar-refractivity contribution >= 4 is 12.1 Å². The second kappa shape index (κ2) is 19.4. The number of ether oxygens (including phenoxy) is 3. The zero-order chi connectivity index (χ0) is 31.5. The summed E-state index contributed by atoms with van der Waals surface area (Å²) >= 11 is 0. The van der Waals surface area contributed by atoms with Crippen LogP contribution >= 0.6 is 0 Å². The van der Waals surface area contributed by atoms with Gasteiger partial charge in [-0.3, -0.25) is 4.79 Å². The molecule has 1 aliphatic rings. The second-order valence-corrected chi connectivity index (χ2v) is 9.98. The molecule has 12 nitrogen and oxygen atoms in total. The largest absolute Gasteiger partial charge is 0.487 e. The molecule has 43 heavy (non-hydrogen) atoms. The molecule has 1 aromatic rings. The molecule has 0 saturated heterocycles. The highest BCUT2D eigenvalue weighted by Crippen LogP contribution is 2.37. The molecule has 0 radical (unpaired) electrons. The van der Waals surface area contributed by atoms with Crippen LogP contribution in [-0.4, -0.2) is 78.5 Å². The number of alkyl halides is 2. The molecule has 1 fully saturated rings. The molecule has 4 atom stereocenters. The van der Waals surface area contributed by atoms with Crippen molar-refractivity contribution in [3.05, 3.63) is 64.8 Å². The van der Waals surface area contributed by atoms with E-state index in [2.05, 4.69) is 10.2 Å². The Kier molecular flexibility index (Phi) is 16.0. The van der Waals surface area contributed by atoms with E-state index in [0.29, 0.717) is 37.9 Å². The Hall–Kier alpha value is -3.78. The molecule has 1 amide bonds. The summed E-state index contributed by atoms with van der Waals surface area (Å²) in [4.78, 5) is 37.5. The number of carbonyl (C=O) groups is 2. The van der Waals surface area contributed by atoms with Crippen LogP contribution in [0.15, 0.2) is 54.6 Å². The van der Waals surface area contributed by atoms with Crippen LogP contribution in [0, 0.1) is 22.0 Å². The number of aliphatic hydroxyl groups excluding tert-OH is 2. The highest BCUT2D eigenvalue weighted by Gasteiger charge is 2.40. The van der Waals surface area contributed by atoms with Crippen molar-refractivity contribution in [1.29, 1.82) is 0 Å². The number of esters is 1. The third kappa shape index (κ3) is 15.3. The zero-order valence-corrected chi connectivity index (χ0v) is 23.9. The fourth-order valence-electron chi connectivity index (χ4n) is 4.39. The van der Waals surface area contributed by atoms with Gasteiger partial charge < -0.3 is 34.6 Å². The van der Waals surface area contributed by atoms with E-state index >= 15 is 0 Å². The molecule has 0 spiro atoms. The molecule has 1 saturated carbocycles. The maximum Gasteiger partial charge on any atom is 0.407 e. The predicted octanol–water partition coefficient (Wildman–Crippen LogP) is 3.99. The fraction of sp³-hybridized carbons (Fsp3) is 0.586. The number of para-hydroxylation sites is 1. The number of allylic oxidation sites excluding steroid dienone is 2. The topological polar surface area (TPSA) is 167 Å². The monoisotopic (exact) mass is 614 g/mol. The van der Waals surface area contributed by atoms with Crippen LogP contribution in [0.1, 0.15) is 44.9 Å². The SMILES string of the molecule is O=C(CCCC=CC[C@@H]1[C@@H](C=CC(F)(F)COc2ccccc2)[C@H](O)C[C@@H]1O)OCCNC(=O)OCCCCO[N+](=O)[O-]. The van der Waals surface area contributed by atoms with Crippen molar-refractivity contribution in [2.75, 3.05) is 33.0 Å². The van der Waals surface area contributed by atoms with E-state index in [9.17, 15) is 38.7 Å². The van der Waals surface area contributed by atoms with Gasteiger partial charge in [-0.15, -0.1) is 10.1 Å². The quantitative estimate of drug-likeness (QED) is 0.0643. The standard InChI is InChI=1S/C29H40F2N2O10/c30-29(31,21-42-22-10-4-3-5-11-22)15-14-24-23(25(34)20-26(24)35)12-6-1-2-7-13-27(36)40-19-16-32-28(37)41-17-8-9-18-43-33(38)39/h1,3-6,10-11,14-15,23-26,34-35H,2,7-9,12-13,16-21H2,(H,32,37)/t23-,24-,25+,26-/m1/s1. The Morgan fingerprint density at radius 2 is 1.79 bits per heavy atom. The molecule has 2 rings (SSSR count). The number of halogens is 2. The number of nitrogens with zero attached hydrogens (tertiary/aromatic N) is 1. The summed E-state index contributed by atoms with van der Waals surface area (Å²) in [6.45, 7) is -0.826. The maximum absolute atomic E-state index is 14.4. The van der Waals surface area contributed by atoms with Gasteiger partial charge in [0.1, 0.15) is 12.4 Å². The van der Waals surface area contributed by atoms with Crippen LogP contribution in [0.3, 0.4) is 0 Å². The van der Waals surface area contributed by atoms with Gasteiger partial charge in [-0.2, -0.15) is 8.78 Å². The first kappa shape index (κ1) is 35.4. The number of carbonyl (C=O) groups excluding carboxylic acids is 2. The number of rotatable bonds is 20. The smallest absolute Gasteiger partial charge is 0.407 e. The minimum Gasteiger partial charge on any atom is -0.487 e. The molecule has 0 aromatic heterocycles. The number of hydrogen-bond donors (Lipinski definition) is 3. The second-order valence-electron chi connectivity index (χ2n) is 9.98. The third-order valence-electron chi connectivity index (χ3n) is 6.58. The Morgan fingerprint density at radius 3 is 2.53 bits per heavy atom. The lowest BCUT2D eigenvalue weighted by atomic mass is 9.89. The summed E-state index contributed by atoms with van der Waals surface area (Å²) in [6.07, 6.45) is 5.58. The van der Waals surface area contributed by atoms with Gasteiger partial charge in [-0.1, -0.05) is 36.4 Å². The summed E-state index contributed by atoms with van der Waals surface area (Å²) in [5, 5.41) is 32.2. The van der Waals surface area contributed by atoms with Crippen LogP contribution in [0.4, 0.5) is 13.6 Å². The summed E-state index contributed by atoms with van der Waals surface area (Å²) in [6, 6.07) is 8.27. The van der Waals surface area contributed by atoms with Crippen molar-refractivity contribution in [3.8, 4) is 5.75 Å². The minimum atomic E-state index is -3.25. The van der Waals surface area contributed by atoms with E-state index < -0.39 is 53.7 Å². The molecule has 0 heterocycles. The van der Waals surface area contributed by atoms with E-state index in [-0.39, 0.29) is 39.2 Å². The number of aliphatic hydroxyl groups is 2. The predicted molar refractivity (Wildman–Crippen MR) is 150 cm³/mol. The van der Waals surface area contributed by atoms with Crippen molar-refractivity contribution < 1.29 is 52.7 Å². The van der Waals surface area contributed by atoms with Gasteiger partial charge in [0.15, 0.2) is 6.61 Å². The number of benzene rings is 1. The van der Waals surface area contributed by atoms with Crippen molar-refractivity contribution in [3.63, 3.8) is 0 Å². The highest BCUT2D eigenvalue weighted by atomic mass is 19.3. The number of amides is 1. The lowest BCUT2D eigenvalue weighted by molar-refractivity contribution is -0.757. The summed E-state index contributed by atoms with van der Waals surface area (Å²) < 4.78 is 43.8. The molecule has 1 aliphatic carbocycles. The number of nitrogens with one attached hydrogen (secondary N) is 1. The van der Waals surface area contributed by atoms with E-state index in [4.69, 9.17) is 14.2 Å². The van der Waals surface area contributed by atoms with Gasteiger partial charge in [0.2, 0.25) is 0 Å². The average Bonchev–Trinajstić information content (AvgIpc) is 3.24. The molecule has 0 bridgehead atoms. The lowest BCUT2D eigenvalue weighted by Crippen LogP contribution is -2.29. The van der Waals surface area contributed by atoms with Crippen LogP contribution in [0.2, 0.25) is 0 Å². The van der Waals surface area contributed by atoms with Crippen LogP contribution in [0.25, 0.3) is 0 Å². The lowest BCUT2D eigenvalue weighted by Gasteiger charge is -2.20. The molecule has 0 unspecified atom stereocenters. The van der Waals surface area contributed by atoms with Gasteiger partial charge in [-0.05, 0) is 56.2 Å². The third-order valence-corrected chi connectivity index (χ3v) is 6.58. The average molecular weight is 615 g/mol. The Bertz CT molecular complexity index is 1040. The first-order chi connectivity index (χ1) is 20.6. The van der Waals surface area contributed by atoms with Gasteiger partial charge in [0.25, 0.3) is 11.0 Å². The summed E-state index contributed by atoms with van der Waals surface area (Å²) in [5.74, 6) is -4.44. The molecule has 14 heteroatoms. The molecule has 1 aromatic carbocycles. The van der Waals surface area contributed by atoms with Crippen LogP contribution in [-0.2, 0) is 19.1 Å². The highest BCUT2D eigenvalue weighted by molar-refractivity contribution is 5.69. The van der Waals surface area contributed by atoms with E-state index in [1.54, 1.807) is 36.4 Å². The van der Waals surface area contributed by atoms with Crippen LogP contribution < -0.4 is 10.1 Å². The van der Waals surface area contributed by atoms with Gasteiger partial charge >= 0.3 is 12.1 Å². The number of hydrogen-bond acceptors (Lipinski definition) is 10. The van der Waals surface area contributed by atoms with Crippen molar-refractivity contribution in [2.24, 2.45) is 11.8 Å². The Labute approximate surface area is 248 Å². The molecule has 0 aliphatic heterocycles. The van der Waals surface area contributed by atoms with E-state index in [0.717, 1.165) is 6.08 Å². The van der Waals surface area contributed by atoms with Gasteiger partial charge in [0, 0.05) is 18.8 Å². The molecular formula is C29H40F2N2O10. The van der Waals surface area contributed by atoms with Gasteiger partial charge in [0.05, 0.1) is 32.0 Å². The molecule has 240 valence electrons. The zero-order valence-electron chi connectivity index (χ0n) is 23.9. The molecule has 3 N–H and O–H groups in total. The molecular weight excluding hydrogens is 574 g/mol. The van der Waals surface area contributed by atoms with E-state index in [1.165, 1.54) is 6.08 Å². The Balaban J connectivity index is 1.59. The minimum absolute atomic E-state index is 0.0331. The van der Waals surface area contributed by atoms with Gasteiger partial charge in [-0.25, -0.2) is 4.79 Å².